The summed E-state index contributed by atoms with van der Waals surface area (Å²) in [5.41, 5.74) is 0. The molecular formula is C9H21ClN2NaO2S2+. The zero-order valence-electron chi connectivity index (χ0n) is 10.9. The molecule has 0 amide bonds. The van der Waals surface area contributed by atoms with Gasteiger partial charge in [0.25, 0.3) is 0 Å². The minimum Gasteiger partial charge on any atom is -0.870 e. The normalized spacial score (nSPS) is 5.18. The topological polar surface area (TPSA) is 97.8 Å². The fourth-order valence-corrected chi connectivity index (χ4v) is 0.443. The quantitative estimate of drug-likeness (QED) is 0.289. The van der Waals surface area contributed by atoms with Crippen molar-refractivity contribution in [2.45, 2.75) is 13.8 Å². The first-order valence-corrected chi connectivity index (χ1v) is 6.61. The second-order valence-electron chi connectivity index (χ2n) is 1.44. The van der Waals surface area contributed by atoms with Gasteiger partial charge in [0, 0.05) is 7.11 Å². The third-order valence-corrected chi connectivity index (χ3v) is 1.29. The maximum atomic E-state index is 7.93. The molecule has 0 bridgehead atoms. The molecule has 0 rings (SSSR count). The third kappa shape index (κ3) is 157. The van der Waals surface area contributed by atoms with E-state index in [1.807, 2.05) is 19.9 Å². The van der Waals surface area contributed by atoms with Gasteiger partial charge in [0.15, 0.2) is 0 Å². The van der Waals surface area contributed by atoms with Crippen LogP contribution in [0.2, 0.25) is 0 Å². The van der Waals surface area contributed by atoms with Crippen molar-refractivity contribution in [1.82, 2.24) is 0 Å². The number of hydrogen-bond acceptors (Lipinski definition) is 5. The van der Waals surface area contributed by atoms with Crippen LogP contribution in [0, 0.1) is 22.7 Å². The monoisotopic (exact) mass is 311 g/mol. The number of aliphatic hydroxyl groups is 1. The number of nitrogens with zero attached hydrogens (tertiary/aromatic N) is 2. The van der Waals surface area contributed by atoms with E-state index in [4.69, 9.17) is 27.2 Å². The van der Waals surface area contributed by atoms with Crippen LogP contribution in [0.25, 0.3) is 0 Å². The Kier molecular flexibility index (Phi) is 145. The predicted molar refractivity (Wildman–Crippen MR) is 75.7 cm³/mol. The number of aliphatic hydroxyl groups excluding tert-OH is 1. The first kappa shape index (κ1) is 36.1. The van der Waals surface area contributed by atoms with E-state index in [1.165, 1.54) is 0 Å². The van der Waals surface area contributed by atoms with E-state index < -0.39 is 0 Å². The number of halogens is 1. The van der Waals surface area contributed by atoms with Crippen molar-refractivity contribution in [2.75, 3.05) is 30.2 Å². The molecule has 0 aromatic carbocycles. The zero-order chi connectivity index (χ0) is 12.9. The van der Waals surface area contributed by atoms with Crippen LogP contribution in [0.4, 0.5) is 0 Å². The van der Waals surface area contributed by atoms with Crippen molar-refractivity contribution >= 4 is 36.0 Å². The largest absolute Gasteiger partial charge is 1.00 e. The van der Waals surface area contributed by atoms with Gasteiger partial charge in [-0.05, 0) is 25.3 Å². The van der Waals surface area contributed by atoms with Gasteiger partial charge in [0.1, 0.15) is 11.6 Å². The number of rotatable bonds is 2. The van der Waals surface area contributed by atoms with E-state index in [9.17, 15) is 0 Å². The second kappa shape index (κ2) is 68.5. The Bertz CT molecular complexity index is 155. The number of thioether (sulfide) groups is 1. The summed E-state index contributed by atoms with van der Waals surface area (Å²) in [5.74, 6) is 2.84. The van der Waals surface area contributed by atoms with Crippen LogP contribution in [0.15, 0.2) is 0 Å². The molecule has 0 radical (unpaired) electrons. The molecule has 0 atom stereocenters. The predicted octanol–water partition coefficient (Wildman–Crippen LogP) is -1.53. The van der Waals surface area contributed by atoms with Crippen molar-refractivity contribution in [2.24, 2.45) is 0 Å². The SMILES string of the molecule is CCSCC#N.CC[SH2+].CO.N#CCCl.[Na+].[OH-]. The fraction of sp³-hybridized carbons (Fsp3) is 0.778. The summed E-state index contributed by atoms with van der Waals surface area (Å²) in [7, 11) is 1.00. The Labute approximate surface area is 142 Å². The van der Waals surface area contributed by atoms with Crippen molar-refractivity contribution in [1.29, 1.82) is 10.5 Å². The zero-order valence-corrected chi connectivity index (χ0v) is 15.5. The van der Waals surface area contributed by atoms with E-state index in [0.717, 1.165) is 18.6 Å². The number of alkyl halides is 1. The minimum absolute atomic E-state index is 0. The Hall–Kier alpha value is 0.890. The molecule has 0 fully saturated rings. The first-order valence-electron chi connectivity index (χ1n) is 4.21. The van der Waals surface area contributed by atoms with Gasteiger partial charge in [0.05, 0.1) is 17.9 Å². The molecule has 0 spiro atoms. The van der Waals surface area contributed by atoms with Gasteiger partial charge in [-0.25, -0.2) is 0 Å². The average molecular weight is 312 g/mol. The third-order valence-electron chi connectivity index (χ3n) is 0.430. The molecule has 8 heteroatoms. The van der Waals surface area contributed by atoms with Crippen molar-refractivity contribution < 1.29 is 40.1 Å². The summed E-state index contributed by atoms with van der Waals surface area (Å²) < 4.78 is 0. The molecule has 0 saturated heterocycles. The van der Waals surface area contributed by atoms with Gasteiger partial charge >= 0.3 is 29.6 Å². The van der Waals surface area contributed by atoms with Crippen molar-refractivity contribution in [3.63, 3.8) is 0 Å². The Morgan fingerprint density at radius 3 is 1.59 bits per heavy atom. The van der Waals surface area contributed by atoms with Gasteiger partial charge in [-0.2, -0.15) is 10.5 Å². The molecule has 0 aliphatic heterocycles. The molecule has 0 aliphatic rings. The fourth-order valence-electron chi connectivity index (χ4n) is 0.148. The molecule has 0 saturated carbocycles. The van der Waals surface area contributed by atoms with Gasteiger partial charge in [-0.15, -0.1) is 23.4 Å². The standard InChI is InChI=1S/C4H7NS.C2H2ClN.C2H6S.CH4O.Na.H2O/c1-2-6-4-3-5;3-1-2-4;1-2-3;1-2;;/h2,4H2,1H3;1H2;3H,2H2,1H3;2H,1H3;;1H2/q;;;;+1;. The van der Waals surface area contributed by atoms with Gasteiger partial charge < -0.3 is 10.6 Å². The Morgan fingerprint density at radius 2 is 1.53 bits per heavy atom. The maximum absolute atomic E-state index is 7.93. The van der Waals surface area contributed by atoms with Crippen LogP contribution in [0.1, 0.15) is 13.8 Å². The van der Waals surface area contributed by atoms with E-state index in [2.05, 4.69) is 12.6 Å². The van der Waals surface area contributed by atoms with E-state index in [-0.39, 0.29) is 40.9 Å². The average Bonchev–Trinajstić information content (AvgIpc) is 2.30. The van der Waals surface area contributed by atoms with Crippen LogP contribution >= 0.6 is 23.4 Å². The Morgan fingerprint density at radius 1 is 1.24 bits per heavy atom. The van der Waals surface area contributed by atoms with Crippen LogP contribution in [0.3, 0.4) is 0 Å². The molecule has 98 valence electrons. The van der Waals surface area contributed by atoms with Crippen LogP contribution in [0.5, 0.6) is 0 Å². The molecule has 0 heterocycles. The summed E-state index contributed by atoms with van der Waals surface area (Å²) in [6.07, 6.45) is 0. The van der Waals surface area contributed by atoms with Gasteiger partial charge in [-0.1, -0.05) is 6.92 Å². The van der Waals surface area contributed by atoms with Gasteiger partial charge in [0.2, 0.25) is 0 Å². The van der Waals surface area contributed by atoms with Crippen molar-refractivity contribution in [3.8, 4) is 12.1 Å². The molecular weight excluding hydrogens is 291 g/mol. The maximum Gasteiger partial charge on any atom is 1.00 e. The summed E-state index contributed by atoms with van der Waals surface area (Å²) in [5, 5.41) is 22.4. The van der Waals surface area contributed by atoms with E-state index >= 15 is 0 Å². The van der Waals surface area contributed by atoms with Crippen LogP contribution in [-0.4, -0.2) is 40.8 Å². The molecule has 0 unspecified atom stereocenters. The molecule has 0 aliphatic carbocycles. The molecule has 0 aromatic rings. The summed E-state index contributed by atoms with van der Waals surface area (Å²) in [6, 6.07) is 3.73. The van der Waals surface area contributed by atoms with Crippen LogP contribution in [-0.2, 0) is 12.6 Å². The van der Waals surface area contributed by atoms with Crippen molar-refractivity contribution in [3.05, 3.63) is 0 Å². The van der Waals surface area contributed by atoms with E-state index in [0.29, 0.717) is 5.75 Å². The number of hydrogen-bond donors (Lipinski definition) is 1. The molecule has 0 aromatic heterocycles. The minimum atomic E-state index is 0. The summed E-state index contributed by atoms with van der Waals surface area (Å²) in [4.78, 5) is 0. The summed E-state index contributed by atoms with van der Waals surface area (Å²) in [6.45, 7) is 4.08. The first-order chi connectivity index (χ1) is 7.24. The smallest absolute Gasteiger partial charge is 0.870 e. The molecule has 4 nitrogen and oxygen atoms in total. The second-order valence-corrected chi connectivity index (χ2v) is 3.69. The van der Waals surface area contributed by atoms with Gasteiger partial charge in [-0.3, -0.25) is 0 Å². The molecule has 17 heavy (non-hydrogen) atoms. The molecule has 2 N–H and O–H groups in total. The summed E-state index contributed by atoms with van der Waals surface area (Å²) >= 11 is 9.66. The van der Waals surface area contributed by atoms with E-state index in [1.54, 1.807) is 17.8 Å². The number of nitriles is 2. The van der Waals surface area contributed by atoms with Crippen LogP contribution < -0.4 is 29.6 Å². The Balaban J connectivity index is -0.0000000246.